The summed E-state index contributed by atoms with van der Waals surface area (Å²) in [7, 11) is 0. The van der Waals surface area contributed by atoms with Crippen molar-refractivity contribution in [3.8, 4) is 0 Å². The molecule has 0 amide bonds. The fourth-order valence-electron chi connectivity index (χ4n) is 2.35. The molecule has 0 aliphatic rings. The van der Waals surface area contributed by atoms with Gasteiger partial charge in [0.15, 0.2) is 0 Å². The first-order chi connectivity index (χ1) is 11.7. The van der Waals surface area contributed by atoms with Crippen molar-refractivity contribution in [2.75, 3.05) is 31.6 Å². The molecular formula is C19H26N2O3. The van der Waals surface area contributed by atoms with Crippen molar-refractivity contribution in [3.05, 3.63) is 65.7 Å². The molecule has 0 aliphatic heterocycles. The van der Waals surface area contributed by atoms with Gasteiger partial charge in [0.25, 0.3) is 0 Å². The van der Waals surface area contributed by atoms with Crippen molar-refractivity contribution in [3.63, 3.8) is 0 Å². The largest absolute Gasteiger partial charge is 0.394 e. The van der Waals surface area contributed by atoms with Crippen molar-refractivity contribution < 1.29 is 15.3 Å². The molecule has 0 bridgehead atoms. The summed E-state index contributed by atoms with van der Waals surface area (Å²) in [6, 6.07) is 17.6. The van der Waals surface area contributed by atoms with Gasteiger partial charge in [-0.3, -0.25) is 0 Å². The van der Waals surface area contributed by atoms with Crippen LogP contribution in [0.2, 0.25) is 0 Å². The highest BCUT2D eigenvalue weighted by Gasteiger charge is 2.05. The molecule has 2 rings (SSSR count). The molecule has 0 fully saturated rings. The topological polar surface area (TPSA) is 84.8 Å². The van der Waals surface area contributed by atoms with Crippen LogP contribution in [0.1, 0.15) is 17.2 Å². The Morgan fingerprint density at radius 2 is 1.58 bits per heavy atom. The minimum Gasteiger partial charge on any atom is -0.394 e. The molecule has 0 aliphatic carbocycles. The second-order valence-electron chi connectivity index (χ2n) is 5.79. The summed E-state index contributed by atoms with van der Waals surface area (Å²) in [6.45, 7) is 1.41. The molecule has 0 radical (unpaired) electrons. The van der Waals surface area contributed by atoms with E-state index in [-0.39, 0.29) is 6.61 Å². The Balaban J connectivity index is 1.67. The smallest absolute Gasteiger partial charge is 0.0942 e. The van der Waals surface area contributed by atoms with E-state index in [9.17, 15) is 10.2 Å². The molecule has 0 saturated heterocycles. The molecule has 2 unspecified atom stereocenters. The van der Waals surface area contributed by atoms with Gasteiger partial charge in [-0.25, -0.2) is 0 Å². The van der Waals surface area contributed by atoms with Gasteiger partial charge < -0.3 is 26.0 Å². The summed E-state index contributed by atoms with van der Waals surface area (Å²) in [5, 5.41) is 34.5. The zero-order valence-electron chi connectivity index (χ0n) is 13.7. The van der Waals surface area contributed by atoms with E-state index in [0.29, 0.717) is 13.1 Å². The maximum Gasteiger partial charge on any atom is 0.0942 e. The predicted octanol–water partition coefficient (Wildman–Crippen LogP) is 1.32. The van der Waals surface area contributed by atoms with Gasteiger partial charge >= 0.3 is 0 Å². The molecule has 0 heterocycles. The van der Waals surface area contributed by atoms with Crippen LogP contribution in [0.3, 0.4) is 0 Å². The van der Waals surface area contributed by atoms with E-state index in [0.717, 1.165) is 24.2 Å². The normalized spacial score (nSPS) is 13.5. The third-order valence-electron chi connectivity index (χ3n) is 3.82. The first-order valence-electron chi connectivity index (χ1n) is 8.24. The summed E-state index contributed by atoms with van der Waals surface area (Å²) in [5.74, 6) is 0. The Bertz CT molecular complexity index is 575. The van der Waals surface area contributed by atoms with Gasteiger partial charge in [-0.2, -0.15) is 0 Å². The number of hydrogen-bond acceptors (Lipinski definition) is 5. The van der Waals surface area contributed by atoms with Gasteiger partial charge in [-0.15, -0.1) is 0 Å². The van der Waals surface area contributed by atoms with Crippen molar-refractivity contribution in [2.45, 2.75) is 18.6 Å². The maximum absolute atomic E-state index is 10.1. The highest BCUT2D eigenvalue weighted by atomic mass is 16.3. The van der Waals surface area contributed by atoms with E-state index < -0.39 is 12.2 Å². The van der Waals surface area contributed by atoms with Crippen molar-refractivity contribution in [1.82, 2.24) is 5.32 Å². The summed E-state index contributed by atoms with van der Waals surface area (Å²) in [5.41, 5.74) is 3.04. The fraction of sp³-hybridized carbons (Fsp3) is 0.368. The Labute approximate surface area is 143 Å². The zero-order chi connectivity index (χ0) is 17.2. The SMILES string of the molecule is OCC(O)CNc1ccc(CCNCC(O)c2ccccc2)cc1. The third-order valence-corrected chi connectivity index (χ3v) is 3.82. The Hall–Kier alpha value is -1.92. The van der Waals surface area contributed by atoms with Gasteiger partial charge in [0, 0.05) is 18.8 Å². The molecule has 2 atom stereocenters. The molecule has 130 valence electrons. The van der Waals surface area contributed by atoms with Crippen LogP contribution in [0, 0.1) is 0 Å². The van der Waals surface area contributed by atoms with E-state index >= 15 is 0 Å². The molecule has 5 N–H and O–H groups in total. The summed E-state index contributed by atoms with van der Waals surface area (Å²) in [6.07, 6.45) is -0.359. The van der Waals surface area contributed by atoms with Crippen LogP contribution in [0.5, 0.6) is 0 Å². The van der Waals surface area contributed by atoms with Crippen molar-refractivity contribution >= 4 is 5.69 Å². The van der Waals surface area contributed by atoms with Gasteiger partial charge in [0.05, 0.1) is 18.8 Å². The molecule has 2 aromatic carbocycles. The van der Waals surface area contributed by atoms with Gasteiger partial charge in [0.1, 0.15) is 0 Å². The number of anilines is 1. The summed E-state index contributed by atoms with van der Waals surface area (Å²) >= 11 is 0. The molecule has 5 nitrogen and oxygen atoms in total. The summed E-state index contributed by atoms with van der Waals surface area (Å²) < 4.78 is 0. The van der Waals surface area contributed by atoms with E-state index in [1.54, 1.807) is 0 Å². The van der Waals surface area contributed by atoms with Crippen LogP contribution in [-0.4, -0.2) is 47.7 Å². The predicted molar refractivity (Wildman–Crippen MR) is 96.0 cm³/mol. The highest BCUT2D eigenvalue weighted by Crippen LogP contribution is 2.11. The number of aliphatic hydroxyl groups is 3. The Morgan fingerprint density at radius 3 is 2.25 bits per heavy atom. The van der Waals surface area contributed by atoms with E-state index in [1.165, 1.54) is 5.56 Å². The van der Waals surface area contributed by atoms with Crippen LogP contribution in [0.4, 0.5) is 5.69 Å². The van der Waals surface area contributed by atoms with E-state index in [4.69, 9.17) is 5.11 Å². The lowest BCUT2D eigenvalue weighted by Crippen LogP contribution is -2.24. The van der Waals surface area contributed by atoms with E-state index in [1.807, 2.05) is 54.6 Å². The zero-order valence-corrected chi connectivity index (χ0v) is 13.7. The molecule has 0 saturated carbocycles. The average molecular weight is 330 g/mol. The first-order valence-corrected chi connectivity index (χ1v) is 8.24. The van der Waals surface area contributed by atoms with Crippen LogP contribution in [0.25, 0.3) is 0 Å². The lowest BCUT2D eigenvalue weighted by molar-refractivity contribution is 0.105. The molecule has 0 spiro atoms. The number of benzene rings is 2. The van der Waals surface area contributed by atoms with Crippen molar-refractivity contribution in [1.29, 1.82) is 0 Å². The summed E-state index contributed by atoms with van der Waals surface area (Å²) in [4.78, 5) is 0. The Kier molecular flexibility index (Phi) is 7.71. The van der Waals surface area contributed by atoms with Crippen LogP contribution in [-0.2, 0) is 6.42 Å². The highest BCUT2D eigenvalue weighted by molar-refractivity contribution is 5.44. The van der Waals surface area contributed by atoms with Crippen LogP contribution in [0.15, 0.2) is 54.6 Å². The van der Waals surface area contributed by atoms with Crippen LogP contribution < -0.4 is 10.6 Å². The maximum atomic E-state index is 10.1. The number of hydrogen-bond donors (Lipinski definition) is 5. The minimum absolute atomic E-state index is 0.244. The second kappa shape index (κ2) is 10.1. The lowest BCUT2D eigenvalue weighted by Gasteiger charge is -2.13. The van der Waals surface area contributed by atoms with Gasteiger partial charge in [0.2, 0.25) is 0 Å². The standard InChI is InChI=1S/C19H26N2O3/c22-14-18(23)12-21-17-8-6-15(7-9-17)10-11-20-13-19(24)16-4-2-1-3-5-16/h1-9,18-24H,10-14H2. The third kappa shape index (κ3) is 6.29. The number of nitrogens with one attached hydrogen (secondary N) is 2. The molecule has 5 heteroatoms. The monoisotopic (exact) mass is 330 g/mol. The second-order valence-corrected chi connectivity index (χ2v) is 5.79. The molecular weight excluding hydrogens is 304 g/mol. The van der Waals surface area contributed by atoms with Crippen molar-refractivity contribution in [2.24, 2.45) is 0 Å². The quantitative estimate of drug-likeness (QED) is 0.424. The molecule has 24 heavy (non-hydrogen) atoms. The average Bonchev–Trinajstić information content (AvgIpc) is 2.64. The first kappa shape index (κ1) is 18.4. The van der Waals surface area contributed by atoms with Gasteiger partial charge in [-0.1, -0.05) is 42.5 Å². The minimum atomic E-state index is -0.745. The van der Waals surface area contributed by atoms with E-state index in [2.05, 4.69) is 10.6 Å². The lowest BCUT2D eigenvalue weighted by atomic mass is 10.1. The fourth-order valence-corrected chi connectivity index (χ4v) is 2.35. The van der Waals surface area contributed by atoms with Gasteiger partial charge in [-0.05, 0) is 36.2 Å². The number of aliphatic hydroxyl groups excluding tert-OH is 3. The molecule has 0 aromatic heterocycles. The molecule has 2 aromatic rings. The Morgan fingerprint density at radius 1 is 0.875 bits per heavy atom. The van der Waals surface area contributed by atoms with Crippen LogP contribution >= 0.6 is 0 Å². The number of rotatable bonds is 10.